The van der Waals surface area contributed by atoms with E-state index in [1.165, 1.54) is 4.57 Å². The maximum atomic E-state index is 11.9. The molecule has 0 radical (unpaired) electrons. The molecular formula is C13H18N4O4. The maximum Gasteiger partial charge on any atom is 0.351 e. The molecule has 114 valence electrons. The summed E-state index contributed by atoms with van der Waals surface area (Å²) in [6.45, 7) is -0.316. The van der Waals surface area contributed by atoms with Crippen LogP contribution in [0.4, 0.5) is 5.82 Å². The van der Waals surface area contributed by atoms with Crippen molar-refractivity contribution in [1.29, 1.82) is 5.26 Å². The largest absolute Gasteiger partial charge is 0.394 e. The summed E-state index contributed by atoms with van der Waals surface area (Å²) in [5, 5.41) is 27.3. The van der Waals surface area contributed by atoms with Gasteiger partial charge in [-0.15, -0.1) is 0 Å². The molecule has 4 N–H and O–H groups in total. The molecule has 1 unspecified atom stereocenters. The van der Waals surface area contributed by atoms with Gasteiger partial charge in [0.25, 0.3) is 0 Å². The molecule has 1 aromatic rings. The Bertz CT molecular complexity index is 595. The number of hydrogen-bond donors (Lipinski definition) is 3. The number of rotatable bonds is 5. The fraction of sp³-hybridized carbons (Fsp3) is 0.615. The number of unbranched alkanes of at least 4 members (excludes halogenated alkanes) is 1. The normalized spacial score (nSPS) is 24.9. The SMILES string of the molecule is N#CCCCc1cn([C@H]2CC(O)[C@@H](CO)O2)c(=O)nc1N. The topological polar surface area (TPSA) is 134 Å². The molecule has 2 heterocycles. The number of nitrogens with zero attached hydrogens (tertiary/aromatic N) is 3. The standard InChI is InChI=1S/C13H18N4O4/c14-4-2-1-3-8-6-17(13(20)16-12(8)15)11-5-9(19)10(7-18)21-11/h6,9-11,18-19H,1-3,5,7H2,(H2,15,16,20)/t9?,10-,11-/m1/s1. The lowest BCUT2D eigenvalue weighted by Gasteiger charge is -2.16. The van der Waals surface area contributed by atoms with E-state index in [4.69, 9.17) is 20.8 Å². The Morgan fingerprint density at radius 3 is 3.00 bits per heavy atom. The van der Waals surface area contributed by atoms with E-state index in [1.54, 1.807) is 6.20 Å². The first-order valence-electron chi connectivity index (χ1n) is 6.75. The van der Waals surface area contributed by atoms with E-state index in [0.29, 0.717) is 24.8 Å². The first kappa shape index (κ1) is 15.4. The molecule has 0 aliphatic carbocycles. The molecule has 0 aromatic carbocycles. The minimum Gasteiger partial charge on any atom is -0.394 e. The summed E-state index contributed by atoms with van der Waals surface area (Å²) in [6.07, 6.45) is 1.09. The summed E-state index contributed by atoms with van der Waals surface area (Å²) in [6, 6.07) is 2.04. The van der Waals surface area contributed by atoms with Gasteiger partial charge in [-0.2, -0.15) is 10.2 Å². The van der Waals surface area contributed by atoms with Gasteiger partial charge in [-0.1, -0.05) is 0 Å². The van der Waals surface area contributed by atoms with E-state index < -0.39 is 24.1 Å². The van der Waals surface area contributed by atoms with Gasteiger partial charge in [-0.3, -0.25) is 4.57 Å². The summed E-state index contributed by atoms with van der Waals surface area (Å²) in [5.74, 6) is 0.145. The Kier molecular flexibility index (Phi) is 4.90. The molecular weight excluding hydrogens is 276 g/mol. The zero-order valence-corrected chi connectivity index (χ0v) is 11.5. The molecule has 0 saturated carbocycles. The summed E-state index contributed by atoms with van der Waals surface area (Å²) >= 11 is 0. The molecule has 3 atom stereocenters. The summed E-state index contributed by atoms with van der Waals surface area (Å²) in [4.78, 5) is 15.7. The highest BCUT2D eigenvalue weighted by Gasteiger charge is 2.35. The Labute approximate surface area is 121 Å². The minimum atomic E-state index is -0.827. The van der Waals surface area contributed by atoms with Gasteiger partial charge in [-0.05, 0) is 12.8 Å². The fourth-order valence-corrected chi connectivity index (χ4v) is 2.33. The Hall–Kier alpha value is -1.95. The van der Waals surface area contributed by atoms with Crippen LogP contribution in [0.15, 0.2) is 11.0 Å². The third-order valence-electron chi connectivity index (χ3n) is 3.49. The van der Waals surface area contributed by atoms with Gasteiger partial charge in [0.15, 0.2) is 0 Å². The molecule has 21 heavy (non-hydrogen) atoms. The second-order valence-electron chi connectivity index (χ2n) is 4.97. The first-order valence-corrected chi connectivity index (χ1v) is 6.75. The quantitative estimate of drug-likeness (QED) is 0.612. The molecule has 1 aliphatic heterocycles. The van der Waals surface area contributed by atoms with Crippen LogP contribution in [0.25, 0.3) is 0 Å². The smallest absolute Gasteiger partial charge is 0.351 e. The predicted octanol–water partition coefficient (Wildman–Crippen LogP) is -0.688. The van der Waals surface area contributed by atoms with Crippen LogP contribution in [0.5, 0.6) is 0 Å². The molecule has 1 aliphatic rings. The number of aliphatic hydroxyl groups excluding tert-OH is 2. The molecule has 0 spiro atoms. The van der Waals surface area contributed by atoms with Gasteiger partial charge in [0, 0.05) is 24.6 Å². The minimum absolute atomic E-state index is 0.145. The van der Waals surface area contributed by atoms with Crippen molar-refractivity contribution in [2.75, 3.05) is 12.3 Å². The van der Waals surface area contributed by atoms with Crippen molar-refractivity contribution >= 4 is 5.82 Å². The first-order chi connectivity index (χ1) is 10.1. The van der Waals surface area contributed by atoms with Gasteiger partial charge >= 0.3 is 5.69 Å². The second kappa shape index (κ2) is 6.67. The van der Waals surface area contributed by atoms with Gasteiger partial charge < -0.3 is 20.7 Å². The second-order valence-corrected chi connectivity index (χ2v) is 4.97. The third kappa shape index (κ3) is 3.39. The highest BCUT2D eigenvalue weighted by molar-refractivity contribution is 5.36. The van der Waals surface area contributed by atoms with Crippen molar-refractivity contribution in [2.24, 2.45) is 0 Å². The highest BCUT2D eigenvalue weighted by atomic mass is 16.5. The third-order valence-corrected chi connectivity index (χ3v) is 3.49. The van der Waals surface area contributed by atoms with Crippen molar-refractivity contribution in [2.45, 2.75) is 44.1 Å². The van der Waals surface area contributed by atoms with Gasteiger partial charge in [0.2, 0.25) is 0 Å². The summed E-state index contributed by atoms with van der Waals surface area (Å²) in [5.41, 5.74) is 5.81. The van der Waals surface area contributed by atoms with E-state index in [1.807, 2.05) is 6.07 Å². The van der Waals surface area contributed by atoms with Gasteiger partial charge in [-0.25, -0.2) is 4.79 Å². The number of anilines is 1. The lowest BCUT2D eigenvalue weighted by atomic mass is 10.1. The van der Waals surface area contributed by atoms with Crippen LogP contribution in [-0.2, 0) is 11.2 Å². The molecule has 0 amide bonds. The van der Waals surface area contributed by atoms with E-state index >= 15 is 0 Å². The molecule has 8 nitrogen and oxygen atoms in total. The van der Waals surface area contributed by atoms with Crippen LogP contribution in [-0.4, -0.2) is 38.6 Å². The van der Waals surface area contributed by atoms with Crippen molar-refractivity contribution in [3.8, 4) is 6.07 Å². The lowest BCUT2D eigenvalue weighted by Crippen LogP contribution is -2.29. The number of nitrogen functional groups attached to an aromatic ring is 1. The maximum absolute atomic E-state index is 11.9. The van der Waals surface area contributed by atoms with Crippen LogP contribution in [0.3, 0.4) is 0 Å². The van der Waals surface area contributed by atoms with E-state index in [2.05, 4.69) is 4.98 Å². The predicted molar refractivity (Wildman–Crippen MR) is 73.1 cm³/mol. The van der Waals surface area contributed by atoms with Crippen LogP contribution in [0.1, 0.15) is 31.1 Å². The van der Waals surface area contributed by atoms with Crippen LogP contribution >= 0.6 is 0 Å². The number of hydrogen-bond acceptors (Lipinski definition) is 7. The fourth-order valence-electron chi connectivity index (χ4n) is 2.33. The van der Waals surface area contributed by atoms with E-state index in [0.717, 1.165) is 0 Å². The molecule has 8 heteroatoms. The Morgan fingerprint density at radius 2 is 2.38 bits per heavy atom. The number of aliphatic hydroxyl groups is 2. The molecule has 2 rings (SSSR count). The number of ether oxygens (including phenoxy) is 1. The number of aromatic nitrogens is 2. The zero-order valence-electron chi connectivity index (χ0n) is 11.5. The van der Waals surface area contributed by atoms with Gasteiger partial charge in [0.1, 0.15) is 18.1 Å². The number of nitrogens with two attached hydrogens (primary N) is 1. The van der Waals surface area contributed by atoms with Crippen LogP contribution in [0, 0.1) is 11.3 Å². The van der Waals surface area contributed by atoms with Crippen molar-refractivity contribution < 1.29 is 14.9 Å². The average Bonchev–Trinajstić information content (AvgIpc) is 2.82. The van der Waals surface area contributed by atoms with Crippen molar-refractivity contribution in [3.63, 3.8) is 0 Å². The average molecular weight is 294 g/mol. The molecule has 1 aromatic heterocycles. The van der Waals surface area contributed by atoms with Gasteiger partial charge in [0.05, 0.1) is 18.8 Å². The van der Waals surface area contributed by atoms with E-state index in [9.17, 15) is 9.90 Å². The number of nitriles is 1. The monoisotopic (exact) mass is 294 g/mol. The lowest BCUT2D eigenvalue weighted by molar-refractivity contribution is -0.0459. The zero-order chi connectivity index (χ0) is 15.4. The van der Waals surface area contributed by atoms with E-state index in [-0.39, 0.29) is 18.8 Å². The molecule has 1 fully saturated rings. The van der Waals surface area contributed by atoms with Crippen LogP contribution in [0.2, 0.25) is 0 Å². The van der Waals surface area contributed by atoms with Crippen molar-refractivity contribution in [3.05, 3.63) is 22.2 Å². The summed E-state index contributed by atoms with van der Waals surface area (Å²) in [7, 11) is 0. The number of aryl methyl sites for hydroxylation is 1. The highest BCUT2D eigenvalue weighted by Crippen LogP contribution is 2.27. The summed E-state index contributed by atoms with van der Waals surface area (Å²) < 4.78 is 6.71. The van der Waals surface area contributed by atoms with Crippen molar-refractivity contribution in [1.82, 2.24) is 9.55 Å². The Balaban J connectivity index is 2.22. The Morgan fingerprint density at radius 1 is 1.62 bits per heavy atom. The molecule has 0 bridgehead atoms. The molecule has 1 saturated heterocycles. The van der Waals surface area contributed by atoms with Crippen LogP contribution < -0.4 is 11.4 Å².